The van der Waals surface area contributed by atoms with E-state index in [1.54, 1.807) is 22.7 Å². The summed E-state index contributed by atoms with van der Waals surface area (Å²) < 4.78 is 28.1. The van der Waals surface area contributed by atoms with Gasteiger partial charge in [0.2, 0.25) is 10.0 Å². The summed E-state index contributed by atoms with van der Waals surface area (Å²) in [6.07, 6.45) is 6.97. The lowest BCUT2D eigenvalue weighted by Crippen LogP contribution is -2.39. The second kappa shape index (κ2) is 8.57. The minimum absolute atomic E-state index is 0.192. The highest BCUT2D eigenvalue weighted by Crippen LogP contribution is 2.34. The van der Waals surface area contributed by atoms with E-state index in [1.807, 2.05) is 31.0 Å². The number of aryl methyl sites for hydroxylation is 2. The fourth-order valence-corrected chi connectivity index (χ4v) is 5.37. The van der Waals surface area contributed by atoms with Gasteiger partial charge < -0.3 is 9.80 Å². The largest absolute Gasteiger partial charge is 0.356 e. The first kappa shape index (κ1) is 22.6. The van der Waals surface area contributed by atoms with Gasteiger partial charge in [-0.3, -0.25) is 9.52 Å². The molecular weight excluding hydrogens is 452 g/mol. The molecule has 0 radical (unpaired) electrons. The van der Waals surface area contributed by atoms with Gasteiger partial charge in [-0.2, -0.15) is 5.10 Å². The summed E-state index contributed by atoms with van der Waals surface area (Å²) >= 11 is 0. The quantitative estimate of drug-likeness (QED) is 0.599. The molecule has 1 atom stereocenters. The summed E-state index contributed by atoms with van der Waals surface area (Å²) in [6, 6.07) is 6.98. The minimum atomic E-state index is -3.52. The summed E-state index contributed by atoms with van der Waals surface area (Å²) in [6.45, 7) is 6.58. The number of benzene rings is 1. The van der Waals surface area contributed by atoms with Crippen LogP contribution in [0.4, 0.5) is 11.5 Å². The topological polar surface area (TPSA) is 99.9 Å². The van der Waals surface area contributed by atoms with Gasteiger partial charge in [0.05, 0.1) is 29.2 Å². The highest BCUT2D eigenvalue weighted by atomic mass is 32.2. The summed E-state index contributed by atoms with van der Waals surface area (Å²) in [5, 5.41) is 4.80. The van der Waals surface area contributed by atoms with Crippen molar-refractivity contribution in [2.45, 2.75) is 45.6 Å². The molecule has 3 aromatic rings. The van der Waals surface area contributed by atoms with Crippen molar-refractivity contribution in [3.8, 4) is 0 Å². The molecule has 5 rings (SSSR count). The lowest BCUT2D eigenvalue weighted by atomic mass is 9.97. The van der Waals surface area contributed by atoms with Crippen molar-refractivity contribution in [3.05, 3.63) is 52.8 Å². The molecule has 2 fully saturated rings. The molecule has 0 bridgehead atoms. The number of carbonyl (C=O) groups is 1. The van der Waals surface area contributed by atoms with Crippen molar-refractivity contribution in [1.29, 1.82) is 0 Å². The molecule has 10 heteroatoms. The standard InChI is InChI=1S/C24H30N6O3S/c1-16-8-9-19(27-34(3,32)33)18(13-16)24(31)29-12-5-4-7-21(29)20-14-22-25-23(28-10-6-11-28)17(2)15-30(22)26-20/h8-9,13-15,21,27H,4-7,10-12H2,1-3H3/t21-/m0/s1. The van der Waals surface area contributed by atoms with Crippen LogP contribution in [-0.4, -0.2) is 59.7 Å². The van der Waals surface area contributed by atoms with Crippen molar-refractivity contribution in [3.63, 3.8) is 0 Å². The molecule has 2 aliphatic rings. The van der Waals surface area contributed by atoms with Crippen LogP contribution in [0.15, 0.2) is 30.5 Å². The normalized spacial score (nSPS) is 18.7. The van der Waals surface area contributed by atoms with E-state index in [-0.39, 0.29) is 11.9 Å². The number of anilines is 2. The number of hydrogen-bond donors (Lipinski definition) is 1. The molecule has 180 valence electrons. The molecule has 4 heterocycles. The SMILES string of the molecule is Cc1ccc(NS(C)(=O)=O)c(C(=O)N2CCCC[C@H]2c2cc3nc(N4CCC4)c(C)cn3n2)c1. The number of hydrogen-bond acceptors (Lipinski definition) is 6. The Balaban J connectivity index is 1.50. The highest BCUT2D eigenvalue weighted by Gasteiger charge is 2.32. The van der Waals surface area contributed by atoms with Crippen LogP contribution >= 0.6 is 0 Å². The molecule has 0 spiro atoms. The van der Waals surface area contributed by atoms with Gasteiger partial charge in [-0.1, -0.05) is 11.6 Å². The zero-order valence-electron chi connectivity index (χ0n) is 19.8. The number of rotatable bonds is 5. The van der Waals surface area contributed by atoms with Gasteiger partial charge in [-0.05, 0) is 51.7 Å². The van der Waals surface area contributed by atoms with E-state index in [0.29, 0.717) is 17.8 Å². The molecule has 2 aromatic heterocycles. The van der Waals surface area contributed by atoms with Crippen LogP contribution < -0.4 is 9.62 Å². The Morgan fingerprint density at radius 3 is 2.59 bits per heavy atom. The molecule has 1 aromatic carbocycles. The molecule has 1 N–H and O–H groups in total. The maximum Gasteiger partial charge on any atom is 0.256 e. The molecule has 0 aliphatic carbocycles. The van der Waals surface area contributed by atoms with Crippen LogP contribution in [0.5, 0.6) is 0 Å². The van der Waals surface area contributed by atoms with E-state index in [4.69, 9.17) is 10.1 Å². The van der Waals surface area contributed by atoms with Crippen LogP contribution in [0.1, 0.15) is 58.9 Å². The first-order valence-electron chi connectivity index (χ1n) is 11.7. The molecule has 0 saturated carbocycles. The van der Waals surface area contributed by atoms with Gasteiger partial charge in [-0.15, -0.1) is 0 Å². The third-order valence-corrected chi connectivity index (χ3v) is 7.18. The van der Waals surface area contributed by atoms with Crippen molar-refractivity contribution in [2.24, 2.45) is 0 Å². The van der Waals surface area contributed by atoms with E-state index in [2.05, 4.69) is 9.62 Å². The molecule has 1 amide bonds. The summed E-state index contributed by atoms with van der Waals surface area (Å²) in [7, 11) is -3.52. The van der Waals surface area contributed by atoms with Crippen molar-refractivity contribution in [2.75, 3.05) is 35.5 Å². The number of amides is 1. The summed E-state index contributed by atoms with van der Waals surface area (Å²) in [4.78, 5) is 22.7. The number of nitrogens with one attached hydrogen (secondary N) is 1. The van der Waals surface area contributed by atoms with E-state index in [9.17, 15) is 13.2 Å². The average Bonchev–Trinajstić information content (AvgIpc) is 3.15. The van der Waals surface area contributed by atoms with Crippen LogP contribution in [0.25, 0.3) is 5.65 Å². The Labute approximate surface area is 199 Å². The van der Waals surface area contributed by atoms with Crippen LogP contribution in [0, 0.1) is 13.8 Å². The van der Waals surface area contributed by atoms with Crippen LogP contribution in [-0.2, 0) is 10.0 Å². The van der Waals surface area contributed by atoms with Gasteiger partial charge in [0.1, 0.15) is 5.82 Å². The van der Waals surface area contributed by atoms with Crippen molar-refractivity contribution >= 4 is 33.1 Å². The number of fused-ring (bicyclic) bond motifs is 1. The summed E-state index contributed by atoms with van der Waals surface area (Å²) in [5.41, 5.74) is 4.21. The Morgan fingerprint density at radius 2 is 1.88 bits per heavy atom. The predicted octanol–water partition coefficient (Wildman–Crippen LogP) is 3.30. The second-order valence-corrected chi connectivity index (χ2v) is 11.1. The first-order chi connectivity index (χ1) is 16.2. The van der Waals surface area contributed by atoms with Crippen LogP contribution in [0.2, 0.25) is 0 Å². The Morgan fingerprint density at radius 1 is 1.09 bits per heavy atom. The molecule has 2 saturated heterocycles. The maximum absolute atomic E-state index is 13.7. The number of carbonyl (C=O) groups excluding carboxylic acids is 1. The first-order valence-corrected chi connectivity index (χ1v) is 13.6. The van der Waals surface area contributed by atoms with E-state index in [0.717, 1.165) is 66.9 Å². The van der Waals surface area contributed by atoms with Crippen molar-refractivity contribution < 1.29 is 13.2 Å². The Hall–Kier alpha value is -3.14. The third kappa shape index (κ3) is 4.34. The zero-order chi connectivity index (χ0) is 24.0. The zero-order valence-corrected chi connectivity index (χ0v) is 20.6. The fraction of sp³-hybridized carbons (Fsp3) is 0.458. The second-order valence-electron chi connectivity index (χ2n) is 9.39. The van der Waals surface area contributed by atoms with Gasteiger partial charge in [0.15, 0.2) is 5.65 Å². The average molecular weight is 483 g/mol. The monoisotopic (exact) mass is 482 g/mol. The summed E-state index contributed by atoms with van der Waals surface area (Å²) in [5.74, 6) is 0.806. The Bertz CT molecular complexity index is 1360. The van der Waals surface area contributed by atoms with Gasteiger partial charge >= 0.3 is 0 Å². The molecule has 34 heavy (non-hydrogen) atoms. The van der Waals surface area contributed by atoms with E-state index < -0.39 is 10.0 Å². The fourth-order valence-electron chi connectivity index (χ4n) is 4.79. The number of nitrogens with zero attached hydrogens (tertiary/aromatic N) is 5. The lowest BCUT2D eigenvalue weighted by Gasteiger charge is -2.35. The number of likely N-dealkylation sites (tertiary alicyclic amines) is 1. The molecule has 9 nitrogen and oxygen atoms in total. The number of aromatic nitrogens is 3. The predicted molar refractivity (Wildman–Crippen MR) is 132 cm³/mol. The third-order valence-electron chi connectivity index (χ3n) is 6.59. The van der Waals surface area contributed by atoms with Gasteiger partial charge in [0.25, 0.3) is 5.91 Å². The maximum atomic E-state index is 13.7. The Kier molecular flexibility index (Phi) is 5.71. The number of piperidine rings is 1. The van der Waals surface area contributed by atoms with E-state index in [1.165, 1.54) is 6.42 Å². The van der Waals surface area contributed by atoms with Crippen molar-refractivity contribution in [1.82, 2.24) is 19.5 Å². The highest BCUT2D eigenvalue weighted by molar-refractivity contribution is 7.92. The molecular formula is C24H30N6O3S. The van der Waals surface area contributed by atoms with Gasteiger partial charge in [0, 0.05) is 37.5 Å². The van der Waals surface area contributed by atoms with Gasteiger partial charge in [-0.25, -0.2) is 17.9 Å². The molecule has 0 unspecified atom stereocenters. The lowest BCUT2D eigenvalue weighted by molar-refractivity contribution is 0.0606. The number of sulfonamides is 1. The van der Waals surface area contributed by atoms with E-state index >= 15 is 0 Å². The smallest absolute Gasteiger partial charge is 0.256 e. The minimum Gasteiger partial charge on any atom is -0.356 e. The molecule has 2 aliphatic heterocycles. The van der Waals surface area contributed by atoms with Crippen LogP contribution in [0.3, 0.4) is 0 Å².